The molecule has 16 nitrogen and oxygen atoms in total. The first kappa shape index (κ1) is 58.6. The van der Waals surface area contributed by atoms with Crippen LogP contribution in [0.1, 0.15) is 130 Å². The fourth-order valence-corrected chi connectivity index (χ4v) is 10.6. The first-order chi connectivity index (χ1) is 43.0. The summed E-state index contributed by atoms with van der Waals surface area (Å²) in [6.07, 6.45) is 23.4. The molecule has 0 aliphatic carbocycles. The summed E-state index contributed by atoms with van der Waals surface area (Å²) in [4.78, 5) is 88.3. The van der Waals surface area contributed by atoms with Gasteiger partial charge in [-0.05, 0) is 210 Å². The minimum atomic E-state index is -0.425. The van der Waals surface area contributed by atoms with E-state index in [-0.39, 0.29) is 52.1 Å². The van der Waals surface area contributed by atoms with E-state index in [4.69, 9.17) is 38.9 Å². The number of hydrogen-bond acceptors (Lipinski definition) is 12. The van der Waals surface area contributed by atoms with Gasteiger partial charge in [0.05, 0.1) is 78.7 Å². The van der Waals surface area contributed by atoms with Gasteiger partial charge in [0.2, 0.25) is 0 Å². The van der Waals surface area contributed by atoms with E-state index in [0.29, 0.717) is 104 Å². The van der Waals surface area contributed by atoms with Crippen molar-refractivity contribution in [1.29, 1.82) is 0 Å². The number of carbonyl (C=O) groups is 4. The number of hydrogen-bond donors (Lipinski definition) is 4. The summed E-state index contributed by atoms with van der Waals surface area (Å²) in [6, 6.07) is 15.5. The van der Waals surface area contributed by atoms with Gasteiger partial charge < -0.3 is 38.9 Å². The van der Waals surface area contributed by atoms with Gasteiger partial charge in [0.1, 0.15) is 26.4 Å². The van der Waals surface area contributed by atoms with E-state index in [1.807, 2.05) is 111 Å². The number of aryl methyl sites for hydroxylation is 4. The highest BCUT2D eigenvalue weighted by atomic mass is 16.5. The van der Waals surface area contributed by atoms with Gasteiger partial charge in [-0.25, -0.2) is 19.9 Å². The second-order valence-corrected chi connectivity index (χ2v) is 20.8. The van der Waals surface area contributed by atoms with Crippen molar-refractivity contribution in [3.8, 4) is 47.4 Å². The Bertz CT molecular complexity index is 4150. The first-order valence-electron chi connectivity index (χ1n) is 29.0. The van der Waals surface area contributed by atoms with Gasteiger partial charge in [-0.3, -0.25) is 19.2 Å². The molecule has 0 atom stereocenters. The van der Waals surface area contributed by atoms with Gasteiger partial charge in [-0.1, -0.05) is 11.8 Å². The van der Waals surface area contributed by atoms with Crippen LogP contribution >= 0.6 is 0 Å². The second kappa shape index (κ2) is 27.2. The van der Waals surface area contributed by atoms with E-state index in [0.717, 1.165) is 55.4 Å². The lowest BCUT2D eigenvalue weighted by Gasteiger charge is -2.06. The molecule has 6 aromatic heterocycles. The predicted octanol–water partition coefficient (Wildman–Crippen LogP) is 11.7. The molecule has 436 valence electrons. The number of aromatic amines is 4. The summed E-state index contributed by atoms with van der Waals surface area (Å²) < 4.78 is 22.7. The van der Waals surface area contributed by atoms with Crippen LogP contribution in [0.3, 0.4) is 0 Å². The van der Waals surface area contributed by atoms with Gasteiger partial charge in [0.25, 0.3) is 0 Å². The highest BCUT2D eigenvalue weighted by molar-refractivity contribution is 5.88. The lowest BCUT2D eigenvalue weighted by atomic mass is 10.1. The molecule has 14 rings (SSSR count). The third-order valence-electron chi connectivity index (χ3n) is 15.2. The number of nitrogens with one attached hydrogen (secondary N) is 4. The average molecular weight is 1170 g/mol. The number of ether oxygens (including phenoxy) is 4. The van der Waals surface area contributed by atoms with Crippen LogP contribution in [0.25, 0.3) is 92.7 Å². The summed E-state index contributed by atoms with van der Waals surface area (Å²) in [5, 5.41) is 0. The van der Waals surface area contributed by atoms with Gasteiger partial charge in [-0.15, -0.1) is 0 Å². The van der Waals surface area contributed by atoms with Crippen molar-refractivity contribution in [2.24, 2.45) is 0 Å². The molecule has 4 N–H and O–H groups in total. The van der Waals surface area contributed by atoms with E-state index in [1.165, 1.54) is 0 Å². The van der Waals surface area contributed by atoms with E-state index in [1.54, 1.807) is 38.2 Å². The Morgan fingerprint density at radius 2 is 0.568 bits per heavy atom. The summed E-state index contributed by atoms with van der Waals surface area (Å²) in [5.41, 5.74) is 17.4. The van der Waals surface area contributed by atoms with Crippen molar-refractivity contribution in [3.63, 3.8) is 0 Å². The molecule has 0 saturated carbocycles. The number of carbonyl (C=O) groups excluding carboxylic acids is 4. The molecule has 16 heteroatoms. The van der Waals surface area contributed by atoms with Crippen molar-refractivity contribution in [1.82, 2.24) is 39.9 Å². The molecule has 0 fully saturated rings. The molecule has 0 spiro atoms. The van der Waals surface area contributed by atoms with Crippen molar-refractivity contribution in [2.75, 3.05) is 26.4 Å². The quantitative estimate of drug-likeness (QED) is 0.0482. The van der Waals surface area contributed by atoms with Crippen LogP contribution in [0.4, 0.5) is 0 Å². The lowest BCUT2D eigenvalue weighted by molar-refractivity contribution is -0.143. The van der Waals surface area contributed by atoms with Crippen LogP contribution in [0.5, 0.6) is 0 Å². The molecule has 8 aliphatic heterocycles. The van der Waals surface area contributed by atoms with Crippen LogP contribution in [-0.4, -0.2) is 90.2 Å². The van der Waals surface area contributed by atoms with Crippen molar-refractivity contribution in [3.05, 3.63) is 163 Å². The molecule has 0 radical (unpaired) electrons. The predicted molar refractivity (Wildman–Crippen MR) is 343 cm³/mol. The minimum absolute atomic E-state index is 0.0271. The Kier molecular flexibility index (Phi) is 18.1. The maximum absolute atomic E-state index is 13.4. The van der Waals surface area contributed by atoms with E-state index in [2.05, 4.69) is 67.3 Å². The summed E-state index contributed by atoms with van der Waals surface area (Å²) in [6.45, 7) is 7.26. The normalized spacial score (nSPS) is 15.5. The Labute approximate surface area is 508 Å². The van der Waals surface area contributed by atoms with Gasteiger partial charge >= 0.3 is 23.9 Å². The SMILES string of the molecule is CC#CC#Cc1c2ccc([nH]2)c2c3nc(c(C)c4nc(c(c5ccc1[nH]5)CCC(=O)OC/C=C/COC(=O)CCc1c5nc(c(C)c6nc(c(c7ccc([nH]7)c(C#CC#CC)c7ccc1[nH]7)CCC(=O)OC/C=C/COC(=O)CC2)C=C6)C=C5)C=C4)C=C3. The maximum atomic E-state index is 13.4. The Hall–Kier alpha value is -11.2. The second-order valence-electron chi connectivity index (χ2n) is 20.8. The molecule has 0 amide bonds. The average Bonchev–Trinajstić information content (AvgIpc) is 4.12. The molecule has 6 aromatic rings. The Morgan fingerprint density at radius 3 is 0.818 bits per heavy atom. The van der Waals surface area contributed by atoms with Crippen LogP contribution in [0.2, 0.25) is 0 Å². The Balaban J connectivity index is 0.930. The van der Waals surface area contributed by atoms with Crippen LogP contribution in [0.15, 0.2) is 72.8 Å². The third-order valence-corrected chi connectivity index (χ3v) is 15.2. The Morgan fingerprint density at radius 1 is 0.330 bits per heavy atom. The highest BCUT2D eigenvalue weighted by Gasteiger charge is 2.20. The van der Waals surface area contributed by atoms with Crippen LogP contribution in [-0.2, 0) is 63.8 Å². The molecule has 0 saturated heterocycles. The zero-order chi connectivity index (χ0) is 60.9. The van der Waals surface area contributed by atoms with Crippen LogP contribution in [0, 0.1) is 61.2 Å². The molecule has 0 aromatic carbocycles. The molecule has 14 heterocycles. The molecule has 8 aliphatic rings. The van der Waals surface area contributed by atoms with Crippen molar-refractivity contribution in [2.45, 2.75) is 79.1 Å². The van der Waals surface area contributed by atoms with E-state index < -0.39 is 23.9 Å². The van der Waals surface area contributed by atoms with Crippen LogP contribution < -0.4 is 0 Å². The monoisotopic (exact) mass is 1160 g/mol. The van der Waals surface area contributed by atoms with Crippen molar-refractivity contribution < 1.29 is 38.1 Å². The maximum Gasteiger partial charge on any atom is 0.306 e. The largest absolute Gasteiger partial charge is 0.461 e. The summed E-state index contributed by atoms with van der Waals surface area (Å²) in [7, 11) is 0. The molecule has 0 unspecified atom stereocenters. The number of aromatic nitrogens is 8. The zero-order valence-electron chi connectivity index (χ0n) is 49.1. The van der Waals surface area contributed by atoms with Gasteiger partial charge in [-0.2, -0.15) is 0 Å². The summed E-state index contributed by atoms with van der Waals surface area (Å²) >= 11 is 0. The smallest absolute Gasteiger partial charge is 0.306 e. The number of H-pyrrole nitrogens is 4. The van der Waals surface area contributed by atoms with Crippen molar-refractivity contribution >= 4 is 117 Å². The lowest BCUT2D eigenvalue weighted by Crippen LogP contribution is -2.08. The molecular formula is C72H60N8O8. The third kappa shape index (κ3) is 13.6. The van der Waals surface area contributed by atoms with E-state index in [9.17, 15) is 19.2 Å². The highest BCUT2D eigenvalue weighted by Crippen LogP contribution is 2.31. The number of rotatable bonds is 0. The summed E-state index contributed by atoms with van der Waals surface area (Å²) in [5.74, 6) is 22.1. The van der Waals surface area contributed by atoms with Gasteiger partial charge in [0, 0.05) is 81.1 Å². The topological polar surface area (TPSA) is 220 Å². The molecule has 20 bridgehead atoms. The molecular weight excluding hydrogens is 1100 g/mol. The zero-order valence-corrected chi connectivity index (χ0v) is 49.1. The fraction of sp³-hybridized carbons (Fsp3) is 0.222. The number of esters is 4. The first-order valence-corrected chi connectivity index (χ1v) is 29.0. The molecule has 88 heavy (non-hydrogen) atoms. The van der Waals surface area contributed by atoms with E-state index >= 15 is 0 Å². The minimum Gasteiger partial charge on any atom is -0.461 e. The van der Waals surface area contributed by atoms with Gasteiger partial charge in [0.15, 0.2) is 0 Å². The fourth-order valence-electron chi connectivity index (χ4n) is 10.6. The number of nitrogens with zero attached hydrogens (tertiary/aromatic N) is 4. The standard InChI is InChI=1S/C72H60N8O8/c1-5-7-9-15-47-57-29-33-65(77-57)49-17-37-69(81)85-41-11-13-43-87-71(83)39-19-51-63-27-23-55(75-63)46(4)56-24-28-64(76-56)52(68-36-32-60(80-68)48(16-10-8-6-2)59-31-35-67(51)79-59)20-40-72(84)88-44-14-12-42-86-70(82)38-18-50(66-34-30-58(47)78-66)62-26-22-54(74-62)45(3)53-21-25-61(49)73-53/h11-14,21-36,77-80H,17-20,37-44H2,1-4H3/b13-11+,14-12+,53-45?,54-45?,55-46?,56-46?,57-47?,58-47?,59-48?,60-48?,61-49?,62-50?,63-51?,64-52?,65-49?,66-50?,67-51?,68-52?.